The standard InChI is InChI=1S/C13H20N2/c1-10-6-7-15-9-12(10)13(14-2)8-11-4-3-5-11/h6-7,9,11,13-14H,3-5,8H2,1-2H3. The van der Waals surface area contributed by atoms with Crippen molar-refractivity contribution in [2.75, 3.05) is 7.05 Å². The molecule has 82 valence electrons. The zero-order valence-electron chi connectivity index (χ0n) is 9.66. The van der Waals surface area contributed by atoms with E-state index in [0.717, 1.165) is 5.92 Å². The molecule has 1 aliphatic carbocycles. The lowest BCUT2D eigenvalue weighted by Gasteiger charge is -2.30. The minimum absolute atomic E-state index is 0.490. The van der Waals surface area contributed by atoms with Gasteiger partial charge in [0, 0.05) is 18.4 Å². The first kappa shape index (κ1) is 10.6. The lowest BCUT2D eigenvalue weighted by molar-refractivity contribution is 0.265. The maximum atomic E-state index is 4.23. The zero-order valence-corrected chi connectivity index (χ0v) is 9.66. The van der Waals surface area contributed by atoms with Gasteiger partial charge in [0.1, 0.15) is 0 Å². The summed E-state index contributed by atoms with van der Waals surface area (Å²) in [6.45, 7) is 2.17. The van der Waals surface area contributed by atoms with E-state index in [9.17, 15) is 0 Å². The molecular formula is C13H20N2. The Hall–Kier alpha value is -0.890. The van der Waals surface area contributed by atoms with Crippen LogP contribution in [0, 0.1) is 12.8 Å². The summed E-state index contributed by atoms with van der Waals surface area (Å²) in [5, 5.41) is 3.42. The normalized spacial score (nSPS) is 18.5. The second kappa shape index (κ2) is 4.75. The lowest BCUT2D eigenvalue weighted by atomic mass is 9.79. The summed E-state index contributed by atoms with van der Waals surface area (Å²) in [6.07, 6.45) is 9.40. The van der Waals surface area contributed by atoms with Crippen LogP contribution in [0.2, 0.25) is 0 Å². The molecule has 1 fully saturated rings. The summed E-state index contributed by atoms with van der Waals surface area (Å²) in [6, 6.07) is 2.59. The second-order valence-corrected chi connectivity index (χ2v) is 4.61. The lowest BCUT2D eigenvalue weighted by Crippen LogP contribution is -2.23. The first-order valence-electron chi connectivity index (χ1n) is 5.89. The number of rotatable bonds is 4. The fraction of sp³-hybridized carbons (Fsp3) is 0.615. The van der Waals surface area contributed by atoms with Gasteiger partial charge in [-0.15, -0.1) is 0 Å². The molecule has 1 unspecified atom stereocenters. The molecule has 1 N–H and O–H groups in total. The predicted molar refractivity (Wildman–Crippen MR) is 62.7 cm³/mol. The first-order chi connectivity index (χ1) is 7.31. The molecule has 1 aromatic heterocycles. The highest BCUT2D eigenvalue weighted by atomic mass is 14.9. The van der Waals surface area contributed by atoms with Crippen LogP contribution in [0.25, 0.3) is 0 Å². The number of pyridine rings is 1. The molecule has 1 aliphatic rings. The van der Waals surface area contributed by atoms with Gasteiger partial charge in [0.15, 0.2) is 0 Å². The Morgan fingerprint density at radius 2 is 2.33 bits per heavy atom. The van der Waals surface area contributed by atoms with Crippen molar-refractivity contribution >= 4 is 0 Å². The molecule has 0 aromatic carbocycles. The van der Waals surface area contributed by atoms with Crippen molar-refractivity contribution in [2.24, 2.45) is 5.92 Å². The maximum absolute atomic E-state index is 4.23. The summed E-state index contributed by atoms with van der Waals surface area (Å²) >= 11 is 0. The monoisotopic (exact) mass is 204 g/mol. The smallest absolute Gasteiger partial charge is 0.0338 e. The Morgan fingerprint density at radius 3 is 2.87 bits per heavy atom. The van der Waals surface area contributed by atoms with E-state index in [0.29, 0.717) is 6.04 Å². The molecule has 1 saturated carbocycles. The van der Waals surface area contributed by atoms with Gasteiger partial charge in [0.05, 0.1) is 0 Å². The Kier molecular flexibility index (Phi) is 3.37. The first-order valence-corrected chi connectivity index (χ1v) is 5.89. The third kappa shape index (κ3) is 2.37. The van der Waals surface area contributed by atoms with Crippen LogP contribution in [0.4, 0.5) is 0 Å². The number of hydrogen-bond acceptors (Lipinski definition) is 2. The number of aromatic nitrogens is 1. The average Bonchev–Trinajstić information content (AvgIpc) is 2.19. The van der Waals surface area contributed by atoms with Crippen molar-refractivity contribution in [2.45, 2.75) is 38.6 Å². The van der Waals surface area contributed by atoms with Crippen LogP contribution in [0.5, 0.6) is 0 Å². The molecule has 0 bridgehead atoms. The summed E-state index contributed by atoms with van der Waals surface area (Å²) in [5.41, 5.74) is 2.72. The maximum Gasteiger partial charge on any atom is 0.0338 e. The minimum Gasteiger partial charge on any atom is -0.313 e. The van der Waals surface area contributed by atoms with Crippen molar-refractivity contribution in [3.05, 3.63) is 29.6 Å². The second-order valence-electron chi connectivity index (χ2n) is 4.61. The fourth-order valence-electron chi connectivity index (χ4n) is 2.30. The molecule has 0 saturated heterocycles. The van der Waals surface area contributed by atoms with Gasteiger partial charge in [-0.2, -0.15) is 0 Å². The zero-order chi connectivity index (χ0) is 10.7. The van der Waals surface area contributed by atoms with Crippen LogP contribution in [-0.4, -0.2) is 12.0 Å². The third-order valence-electron chi connectivity index (χ3n) is 3.60. The van der Waals surface area contributed by atoms with E-state index >= 15 is 0 Å². The van der Waals surface area contributed by atoms with Crippen molar-refractivity contribution in [3.8, 4) is 0 Å². The molecule has 2 nitrogen and oxygen atoms in total. The van der Waals surface area contributed by atoms with Gasteiger partial charge in [-0.25, -0.2) is 0 Å². The van der Waals surface area contributed by atoms with Crippen LogP contribution in [0.15, 0.2) is 18.5 Å². The molecule has 0 aliphatic heterocycles. The summed E-state index contributed by atoms with van der Waals surface area (Å²) in [7, 11) is 2.05. The summed E-state index contributed by atoms with van der Waals surface area (Å²) in [5.74, 6) is 0.932. The van der Waals surface area contributed by atoms with E-state index in [1.165, 1.54) is 36.8 Å². The van der Waals surface area contributed by atoms with E-state index in [1.54, 1.807) is 0 Å². The fourth-order valence-corrected chi connectivity index (χ4v) is 2.30. The summed E-state index contributed by atoms with van der Waals surface area (Å²) < 4.78 is 0. The van der Waals surface area contributed by atoms with Crippen LogP contribution < -0.4 is 5.32 Å². The van der Waals surface area contributed by atoms with E-state index < -0.39 is 0 Å². The predicted octanol–water partition coefficient (Wildman–Crippen LogP) is 2.84. The highest BCUT2D eigenvalue weighted by Gasteiger charge is 2.22. The quantitative estimate of drug-likeness (QED) is 0.815. The number of nitrogens with one attached hydrogen (secondary N) is 1. The van der Waals surface area contributed by atoms with E-state index in [1.807, 2.05) is 12.4 Å². The van der Waals surface area contributed by atoms with Gasteiger partial charge in [-0.3, -0.25) is 4.98 Å². The van der Waals surface area contributed by atoms with Crippen LogP contribution in [0.3, 0.4) is 0 Å². The van der Waals surface area contributed by atoms with Gasteiger partial charge < -0.3 is 5.32 Å². The Balaban J connectivity index is 2.07. The number of nitrogens with zero attached hydrogens (tertiary/aromatic N) is 1. The van der Waals surface area contributed by atoms with Gasteiger partial charge >= 0.3 is 0 Å². The SMILES string of the molecule is CNC(CC1CCC1)c1cnccc1C. The van der Waals surface area contributed by atoms with Gasteiger partial charge in [0.2, 0.25) is 0 Å². The van der Waals surface area contributed by atoms with Crippen LogP contribution >= 0.6 is 0 Å². The molecule has 2 rings (SSSR count). The molecule has 1 aromatic rings. The Morgan fingerprint density at radius 1 is 1.53 bits per heavy atom. The number of hydrogen-bond donors (Lipinski definition) is 1. The number of aryl methyl sites for hydroxylation is 1. The highest BCUT2D eigenvalue weighted by Crippen LogP contribution is 2.35. The van der Waals surface area contributed by atoms with Crippen molar-refractivity contribution < 1.29 is 0 Å². The molecule has 1 atom stereocenters. The Labute approximate surface area is 92.1 Å². The topological polar surface area (TPSA) is 24.9 Å². The van der Waals surface area contributed by atoms with E-state index in [-0.39, 0.29) is 0 Å². The van der Waals surface area contributed by atoms with Crippen molar-refractivity contribution in [3.63, 3.8) is 0 Å². The van der Waals surface area contributed by atoms with Gasteiger partial charge in [-0.05, 0) is 43.5 Å². The molecule has 15 heavy (non-hydrogen) atoms. The molecule has 0 amide bonds. The molecule has 1 heterocycles. The van der Waals surface area contributed by atoms with Crippen LogP contribution in [-0.2, 0) is 0 Å². The third-order valence-corrected chi connectivity index (χ3v) is 3.60. The van der Waals surface area contributed by atoms with E-state index in [4.69, 9.17) is 0 Å². The summed E-state index contributed by atoms with van der Waals surface area (Å²) in [4.78, 5) is 4.23. The van der Waals surface area contributed by atoms with Crippen LogP contribution in [0.1, 0.15) is 42.9 Å². The molecular weight excluding hydrogens is 184 g/mol. The molecule has 0 radical (unpaired) electrons. The average molecular weight is 204 g/mol. The van der Waals surface area contributed by atoms with Crippen molar-refractivity contribution in [1.29, 1.82) is 0 Å². The minimum atomic E-state index is 0.490. The molecule has 2 heteroatoms. The van der Waals surface area contributed by atoms with Gasteiger partial charge in [-0.1, -0.05) is 19.3 Å². The highest BCUT2D eigenvalue weighted by molar-refractivity contribution is 5.25. The Bertz CT molecular complexity index is 318. The largest absolute Gasteiger partial charge is 0.313 e. The van der Waals surface area contributed by atoms with Gasteiger partial charge in [0.25, 0.3) is 0 Å². The van der Waals surface area contributed by atoms with E-state index in [2.05, 4.69) is 30.3 Å². The molecule has 0 spiro atoms. The van der Waals surface area contributed by atoms with Crippen molar-refractivity contribution in [1.82, 2.24) is 10.3 Å².